The standard InChI is InChI=1S/C21H17BrN2O6/c1-2-12-3-6-14(7-4-12)24-20(28)15(19(27)23-21(24)29)9-13-5-8-17(16(22)10-13)30-11-18(25)26/h3-10H,2,11H2,1H3,(H,25,26)(H,23,27,29)/b15-9+. The molecule has 0 bridgehead atoms. The number of imide groups is 2. The number of carboxylic acid groups (broad SMARTS) is 1. The van der Waals surface area contributed by atoms with Crippen molar-refractivity contribution in [3.05, 3.63) is 63.6 Å². The molecular formula is C21H17BrN2O6. The average molecular weight is 473 g/mol. The molecule has 0 saturated carbocycles. The molecule has 2 N–H and O–H groups in total. The average Bonchev–Trinajstić information content (AvgIpc) is 2.70. The van der Waals surface area contributed by atoms with Gasteiger partial charge in [-0.05, 0) is 63.8 Å². The molecule has 9 heteroatoms. The van der Waals surface area contributed by atoms with E-state index in [2.05, 4.69) is 21.2 Å². The Bertz CT molecular complexity index is 1060. The molecule has 4 amide bonds. The number of benzene rings is 2. The maximum Gasteiger partial charge on any atom is 0.341 e. The topological polar surface area (TPSA) is 113 Å². The Morgan fingerprint density at radius 3 is 2.47 bits per heavy atom. The quantitative estimate of drug-likeness (QED) is 0.493. The van der Waals surface area contributed by atoms with Gasteiger partial charge >= 0.3 is 12.0 Å². The summed E-state index contributed by atoms with van der Waals surface area (Å²) in [4.78, 5) is 49.0. The van der Waals surface area contributed by atoms with Gasteiger partial charge in [0.1, 0.15) is 11.3 Å². The SMILES string of the molecule is CCc1ccc(N2C(=O)NC(=O)/C(=C\c3ccc(OCC(=O)O)c(Br)c3)C2=O)cc1. The Morgan fingerprint density at radius 2 is 1.87 bits per heavy atom. The van der Waals surface area contributed by atoms with E-state index in [1.165, 1.54) is 12.1 Å². The first-order chi connectivity index (χ1) is 14.3. The molecule has 0 unspecified atom stereocenters. The highest BCUT2D eigenvalue weighted by Crippen LogP contribution is 2.28. The molecular weight excluding hydrogens is 456 g/mol. The number of amides is 4. The first kappa shape index (κ1) is 21.3. The number of hydrogen-bond donors (Lipinski definition) is 2. The molecule has 154 valence electrons. The first-order valence-corrected chi connectivity index (χ1v) is 9.74. The van der Waals surface area contributed by atoms with Gasteiger partial charge in [0.25, 0.3) is 11.8 Å². The molecule has 1 saturated heterocycles. The molecule has 3 rings (SSSR count). The van der Waals surface area contributed by atoms with Crippen molar-refractivity contribution in [3.8, 4) is 5.75 Å². The Labute approximate surface area is 180 Å². The van der Waals surface area contributed by atoms with E-state index in [0.29, 0.717) is 21.5 Å². The number of rotatable bonds is 6. The number of nitrogens with zero attached hydrogens (tertiary/aromatic N) is 1. The van der Waals surface area contributed by atoms with Crippen LogP contribution in [0.3, 0.4) is 0 Å². The number of hydrogen-bond acceptors (Lipinski definition) is 5. The minimum Gasteiger partial charge on any atom is -0.481 e. The van der Waals surface area contributed by atoms with Gasteiger partial charge in [-0.1, -0.05) is 25.1 Å². The number of carboxylic acids is 1. The number of aryl methyl sites for hydroxylation is 1. The molecule has 0 atom stereocenters. The van der Waals surface area contributed by atoms with Crippen LogP contribution in [0.4, 0.5) is 10.5 Å². The van der Waals surface area contributed by atoms with Crippen molar-refractivity contribution in [1.29, 1.82) is 0 Å². The second-order valence-corrected chi connectivity index (χ2v) is 7.20. The smallest absolute Gasteiger partial charge is 0.341 e. The molecule has 30 heavy (non-hydrogen) atoms. The van der Waals surface area contributed by atoms with E-state index in [1.807, 2.05) is 19.1 Å². The van der Waals surface area contributed by atoms with Crippen molar-refractivity contribution in [1.82, 2.24) is 5.32 Å². The molecule has 0 aromatic heterocycles. The van der Waals surface area contributed by atoms with E-state index in [-0.39, 0.29) is 5.57 Å². The van der Waals surface area contributed by atoms with Crippen LogP contribution in [0.1, 0.15) is 18.1 Å². The van der Waals surface area contributed by atoms with E-state index < -0.39 is 30.4 Å². The molecule has 0 aliphatic carbocycles. The monoisotopic (exact) mass is 472 g/mol. The fraction of sp³-hybridized carbons (Fsp3) is 0.143. The van der Waals surface area contributed by atoms with Gasteiger partial charge in [0, 0.05) is 0 Å². The largest absolute Gasteiger partial charge is 0.481 e. The van der Waals surface area contributed by atoms with Gasteiger partial charge in [0.2, 0.25) is 0 Å². The van der Waals surface area contributed by atoms with Crippen LogP contribution >= 0.6 is 15.9 Å². The van der Waals surface area contributed by atoms with Gasteiger partial charge in [0.15, 0.2) is 6.61 Å². The fourth-order valence-corrected chi connectivity index (χ4v) is 3.31. The number of aliphatic carboxylic acids is 1. The van der Waals surface area contributed by atoms with Crippen LogP contribution in [0.2, 0.25) is 0 Å². The second-order valence-electron chi connectivity index (χ2n) is 6.35. The van der Waals surface area contributed by atoms with Gasteiger partial charge in [-0.2, -0.15) is 0 Å². The Kier molecular flexibility index (Phi) is 6.31. The number of ether oxygens (including phenoxy) is 1. The zero-order chi connectivity index (χ0) is 21.8. The highest BCUT2D eigenvalue weighted by atomic mass is 79.9. The molecule has 0 radical (unpaired) electrons. The van der Waals surface area contributed by atoms with Gasteiger partial charge in [-0.15, -0.1) is 0 Å². The van der Waals surface area contributed by atoms with Crippen LogP contribution in [-0.4, -0.2) is 35.5 Å². The number of carbonyl (C=O) groups is 4. The summed E-state index contributed by atoms with van der Waals surface area (Å²) >= 11 is 3.27. The Balaban J connectivity index is 1.90. The van der Waals surface area contributed by atoms with E-state index in [9.17, 15) is 19.2 Å². The van der Waals surface area contributed by atoms with Gasteiger partial charge < -0.3 is 9.84 Å². The van der Waals surface area contributed by atoms with E-state index in [1.54, 1.807) is 24.3 Å². The molecule has 2 aromatic rings. The maximum absolute atomic E-state index is 12.9. The number of carbonyl (C=O) groups excluding carboxylic acids is 3. The van der Waals surface area contributed by atoms with Crippen LogP contribution < -0.4 is 15.0 Å². The van der Waals surface area contributed by atoms with Crippen molar-refractivity contribution < 1.29 is 29.0 Å². The zero-order valence-corrected chi connectivity index (χ0v) is 17.4. The molecule has 8 nitrogen and oxygen atoms in total. The number of anilines is 1. The summed E-state index contributed by atoms with van der Waals surface area (Å²) < 4.78 is 5.58. The highest BCUT2D eigenvalue weighted by Gasteiger charge is 2.36. The first-order valence-electron chi connectivity index (χ1n) is 8.94. The Hall–Kier alpha value is -3.46. The van der Waals surface area contributed by atoms with Gasteiger partial charge in [-0.3, -0.25) is 14.9 Å². The van der Waals surface area contributed by atoms with Gasteiger partial charge in [-0.25, -0.2) is 14.5 Å². The van der Waals surface area contributed by atoms with Crippen molar-refractivity contribution in [2.45, 2.75) is 13.3 Å². The van der Waals surface area contributed by atoms with Crippen molar-refractivity contribution in [3.63, 3.8) is 0 Å². The molecule has 1 fully saturated rings. The lowest BCUT2D eigenvalue weighted by Gasteiger charge is -2.26. The normalized spacial score (nSPS) is 15.3. The van der Waals surface area contributed by atoms with E-state index in [4.69, 9.17) is 9.84 Å². The number of urea groups is 1. The minimum absolute atomic E-state index is 0.208. The lowest BCUT2D eigenvalue weighted by molar-refractivity contribution is -0.139. The summed E-state index contributed by atoms with van der Waals surface area (Å²) in [6, 6.07) is 10.7. The summed E-state index contributed by atoms with van der Waals surface area (Å²) in [5.41, 5.74) is 1.68. The lowest BCUT2D eigenvalue weighted by Crippen LogP contribution is -2.54. The van der Waals surface area contributed by atoms with Crippen molar-refractivity contribution in [2.24, 2.45) is 0 Å². The molecule has 2 aromatic carbocycles. The van der Waals surface area contributed by atoms with Crippen molar-refractivity contribution in [2.75, 3.05) is 11.5 Å². The van der Waals surface area contributed by atoms with Crippen LogP contribution in [0.15, 0.2) is 52.5 Å². The van der Waals surface area contributed by atoms with Crippen LogP contribution in [0.25, 0.3) is 6.08 Å². The van der Waals surface area contributed by atoms with E-state index in [0.717, 1.165) is 16.9 Å². The second kappa shape index (κ2) is 8.91. The Morgan fingerprint density at radius 1 is 1.17 bits per heavy atom. The van der Waals surface area contributed by atoms with Crippen LogP contribution in [-0.2, 0) is 20.8 Å². The van der Waals surface area contributed by atoms with Crippen LogP contribution in [0.5, 0.6) is 5.75 Å². The number of barbiturate groups is 1. The summed E-state index contributed by atoms with van der Waals surface area (Å²) in [7, 11) is 0. The predicted octanol–water partition coefficient (Wildman–Crippen LogP) is 3.14. The summed E-state index contributed by atoms with van der Waals surface area (Å²) in [6.45, 7) is 1.48. The number of halogens is 1. The minimum atomic E-state index is -1.12. The predicted molar refractivity (Wildman–Crippen MR) is 112 cm³/mol. The molecule has 1 aliphatic rings. The van der Waals surface area contributed by atoms with E-state index >= 15 is 0 Å². The van der Waals surface area contributed by atoms with Crippen LogP contribution in [0, 0.1) is 0 Å². The highest BCUT2D eigenvalue weighted by molar-refractivity contribution is 9.10. The number of nitrogens with one attached hydrogen (secondary N) is 1. The third-order valence-corrected chi connectivity index (χ3v) is 4.94. The zero-order valence-electron chi connectivity index (χ0n) is 15.8. The van der Waals surface area contributed by atoms with Crippen molar-refractivity contribution >= 4 is 51.5 Å². The third kappa shape index (κ3) is 4.57. The molecule has 1 aliphatic heterocycles. The fourth-order valence-electron chi connectivity index (χ4n) is 2.80. The summed E-state index contributed by atoms with van der Waals surface area (Å²) in [5, 5.41) is 10.9. The molecule has 0 spiro atoms. The molecule has 1 heterocycles. The van der Waals surface area contributed by atoms with Gasteiger partial charge in [0.05, 0.1) is 10.2 Å². The summed E-state index contributed by atoms with van der Waals surface area (Å²) in [6.07, 6.45) is 2.16. The summed E-state index contributed by atoms with van der Waals surface area (Å²) in [5.74, 6) is -2.36. The maximum atomic E-state index is 12.9. The third-order valence-electron chi connectivity index (χ3n) is 4.32. The lowest BCUT2D eigenvalue weighted by atomic mass is 10.1.